The van der Waals surface area contributed by atoms with Gasteiger partial charge in [0.15, 0.2) is 0 Å². The number of benzene rings is 4. The van der Waals surface area contributed by atoms with Gasteiger partial charge in [-0.25, -0.2) is 0 Å². The Labute approximate surface area is 216 Å². The van der Waals surface area contributed by atoms with Gasteiger partial charge in [0, 0.05) is 48.0 Å². The van der Waals surface area contributed by atoms with Gasteiger partial charge in [-0.3, -0.25) is 14.4 Å². The van der Waals surface area contributed by atoms with E-state index in [-0.39, 0.29) is 24.3 Å². The summed E-state index contributed by atoms with van der Waals surface area (Å²) in [5, 5.41) is 5.87. The van der Waals surface area contributed by atoms with Crippen LogP contribution in [0.4, 0.5) is 22.7 Å². The molecule has 0 aliphatic carbocycles. The van der Waals surface area contributed by atoms with Crippen molar-refractivity contribution in [3.05, 3.63) is 120 Å². The van der Waals surface area contributed by atoms with Crippen molar-refractivity contribution in [2.45, 2.75) is 0 Å². The second kappa shape index (κ2) is 11.7. The van der Waals surface area contributed by atoms with Crippen molar-refractivity contribution >= 4 is 40.5 Å². The predicted molar refractivity (Wildman–Crippen MR) is 148 cm³/mol. The lowest BCUT2D eigenvalue weighted by molar-refractivity contribution is -0.114. The summed E-state index contributed by atoms with van der Waals surface area (Å²) in [4.78, 5) is 41.2. The highest BCUT2D eigenvalue weighted by Gasteiger charge is 2.15. The van der Waals surface area contributed by atoms with E-state index in [0.29, 0.717) is 22.5 Å². The molecule has 0 aliphatic heterocycles. The van der Waals surface area contributed by atoms with Crippen molar-refractivity contribution in [2.24, 2.45) is 0 Å². The SMILES string of the molecule is CN(C(=O)c1ccc(NC(=O)CNc2cccc(C(=O)N(C)c3ccccc3)c2)cc1)c1ccccc1. The fourth-order valence-corrected chi connectivity index (χ4v) is 3.77. The number of amides is 3. The minimum absolute atomic E-state index is 0.0175. The third-order valence-electron chi connectivity index (χ3n) is 5.87. The predicted octanol–water partition coefficient (Wildman–Crippen LogP) is 5.29. The molecule has 7 nitrogen and oxygen atoms in total. The molecule has 2 N–H and O–H groups in total. The molecule has 0 unspecified atom stereocenters. The lowest BCUT2D eigenvalue weighted by atomic mass is 10.1. The Morgan fingerprint density at radius 3 is 1.70 bits per heavy atom. The van der Waals surface area contributed by atoms with Gasteiger partial charge in [0.2, 0.25) is 5.91 Å². The first-order valence-corrected chi connectivity index (χ1v) is 11.8. The Hall–Kier alpha value is -4.91. The van der Waals surface area contributed by atoms with Gasteiger partial charge in [-0.05, 0) is 66.7 Å². The third kappa shape index (κ3) is 6.41. The molecule has 7 heteroatoms. The van der Waals surface area contributed by atoms with Crippen LogP contribution in [0, 0.1) is 0 Å². The number of nitrogens with one attached hydrogen (secondary N) is 2. The maximum absolute atomic E-state index is 12.9. The Morgan fingerprint density at radius 2 is 1.14 bits per heavy atom. The van der Waals surface area contributed by atoms with E-state index in [1.54, 1.807) is 72.4 Å². The molecule has 37 heavy (non-hydrogen) atoms. The Balaban J connectivity index is 1.31. The van der Waals surface area contributed by atoms with E-state index in [1.165, 1.54) is 0 Å². The van der Waals surface area contributed by atoms with Crippen LogP contribution in [0.3, 0.4) is 0 Å². The molecule has 0 aromatic heterocycles. The van der Waals surface area contributed by atoms with Crippen molar-refractivity contribution in [2.75, 3.05) is 41.1 Å². The van der Waals surface area contributed by atoms with Crippen molar-refractivity contribution in [1.29, 1.82) is 0 Å². The van der Waals surface area contributed by atoms with Gasteiger partial charge in [-0.2, -0.15) is 0 Å². The molecule has 0 atom stereocenters. The summed E-state index contributed by atoms with van der Waals surface area (Å²) in [6.45, 7) is 0.0175. The standard InChI is InChI=1S/C30H28N4O3/c1-33(26-12-5-3-6-13-26)29(36)22-16-18-24(19-17-22)32-28(35)21-31-25-11-9-10-23(20-25)30(37)34(2)27-14-7-4-8-15-27/h3-20,31H,21H2,1-2H3,(H,32,35). The van der Waals surface area contributed by atoms with Crippen LogP contribution in [0.2, 0.25) is 0 Å². The summed E-state index contributed by atoms with van der Waals surface area (Å²) in [6.07, 6.45) is 0. The zero-order valence-corrected chi connectivity index (χ0v) is 20.7. The first kappa shape index (κ1) is 25.2. The molecule has 186 valence electrons. The summed E-state index contributed by atoms with van der Waals surface area (Å²) in [7, 11) is 3.45. The quantitative estimate of drug-likeness (QED) is 0.350. The fourth-order valence-electron chi connectivity index (χ4n) is 3.77. The van der Waals surface area contributed by atoms with Gasteiger partial charge in [-0.1, -0.05) is 42.5 Å². The molecule has 4 aromatic rings. The van der Waals surface area contributed by atoms with Crippen LogP contribution in [0.15, 0.2) is 109 Å². The van der Waals surface area contributed by atoms with Gasteiger partial charge in [0.25, 0.3) is 11.8 Å². The number of carbonyl (C=O) groups excluding carboxylic acids is 3. The van der Waals surface area contributed by atoms with Crippen LogP contribution < -0.4 is 20.4 Å². The summed E-state index contributed by atoms with van der Waals surface area (Å²) in [6, 6.07) is 32.6. The molecule has 4 aromatic carbocycles. The molecule has 3 amide bonds. The van der Waals surface area contributed by atoms with Gasteiger partial charge >= 0.3 is 0 Å². The van der Waals surface area contributed by atoms with Crippen molar-refractivity contribution in [1.82, 2.24) is 0 Å². The van der Waals surface area contributed by atoms with E-state index in [0.717, 1.165) is 11.4 Å². The van der Waals surface area contributed by atoms with E-state index < -0.39 is 0 Å². The number of hydrogen-bond donors (Lipinski definition) is 2. The minimum Gasteiger partial charge on any atom is -0.376 e. The van der Waals surface area contributed by atoms with Crippen LogP contribution in [0.25, 0.3) is 0 Å². The van der Waals surface area contributed by atoms with E-state index in [9.17, 15) is 14.4 Å². The highest BCUT2D eigenvalue weighted by atomic mass is 16.2. The van der Waals surface area contributed by atoms with Crippen LogP contribution in [0.1, 0.15) is 20.7 Å². The average molecular weight is 493 g/mol. The number of nitrogens with zero attached hydrogens (tertiary/aromatic N) is 2. The second-order valence-corrected chi connectivity index (χ2v) is 8.46. The maximum atomic E-state index is 12.9. The number of para-hydroxylation sites is 2. The van der Waals surface area contributed by atoms with Crippen LogP contribution >= 0.6 is 0 Å². The zero-order chi connectivity index (χ0) is 26.2. The highest BCUT2D eigenvalue weighted by molar-refractivity contribution is 6.07. The minimum atomic E-state index is -0.251. The van der Waals surface area contributed by atoms with Gasteiger partial charge in [0.1, 0.15) is 0 Å². The Morgan fingerprint density at radius 1 is 0.595 bits per heavy atom. The lowest BCUT2D eigenvalue weighted by Gasteiger charge is -2.18. The van der Waals surface area contributed by atoms with Gasteiger partial charge in [-0.15, -0.1) is 0 Å². The maximum Gasteiger partial charge on any atom is 0.258 e. The summed E-state index contributed by atoms with van der Waals surface area (Å²) < 4.78 is 0. The summed E-state index contributed by atoms with van der Waals surface area (Å²) in [5.74, 6) is -0.538. The molecular formula is C30H28N4O3. The molecule has 4 rings (SSSR count). The normalized spacial score (nSPS) is 10.3. The Bertz CT molecular complexity index is 1370. The molecular weight excluding hydrogens is 464 g/mol. The highest BCUT2D eigenvalue weighted by Crippen LogP contribution is 2.19. The number of hydrogen-bond acceptors (Lipinski definition) is 4. The smallest absolute Gasteiger partial charge is 0.258 e. The molecule has 0 fully saturated rings. The van der Waals surface area contributed by atoms with E-state index in [4.69, 9.17) is 0 Å². The van der Waals surface area contributed by atoms with E-state index >= 15 is 0 Å². The van der Waals surface area contributed by atoms with E-state index in [1.807, 2.05) is 60.7 Å². The Kier molecular flexibility index (Phi) is 7.95. The van der Waals surface area contributed by atoms with Gasteiger partial charge < -0.3 is 20.4 Å². The van der Waals surface area contributed by atoms with Gasteiger partial charge in [0.05, 0.1) is 6.54 Å². The monoisotopic (exact) mass is 492 g/mol. The van der Waals surface area contributed by atoms with Crippen molar-refractivity contribution < 1.29 is 14.4 Å². The van der Waals surface area contributed by atoms with Crippen LogP contribution in [-0.4, -0.2) is 38.4 Å². The molecule has 0 bridgehead atoms. The number of carbonyl (C=O) groups is 3. The molecule has 0 spiro atoms. The zero-order valence-electron chi connectivity index (χ0n) is 20.7. The summed E-state index contributed by atoms with van der Waals surface area (Å²) in [5.41, 5.74) is 3.87. The molecule has 0 radical (unpaired) electrons. The topological polar surface area (TPSA) is 81.8 Å². The molecule has 0 heterocycles. The molecule has 0 aliphatic rings. The van der Waals surface area contributed by atoms with Crippen molar-refractivity contribution in [3.63, 3.8) is 0 Å². The second-order valence-electron chi connectivity index (χ2n) is 8.46. The van der Waals surface area contributed by atoms with E-state index in [2.05, 4.69) is 10.6 Å². The first-order valence-electron chi connectivity index (χ1n) is 11.8. The molecule has 0 saturated heterocycles. The van der Waals surface area contributed by atoms with Crippen LogP contribution in [-0.2, 0) is 4.79 Å². The fraction of sp³-hybridized carbons (Fsp3) is 0.100. The summed E-state index contributed by atoms with van der Waals surface area (Å²) >= 11 is 0. The lowest BCUT2D eigenvalue weighted by Crippen LogP contribution is -2.26. The largest absolute Gasteiger partial charge is 0.376 e. The number of rotatable bonds is 8. The number of anilines is 4. The van der Waals surface area contributed by atoms with Crippen LogP contribution in [0.5, 0.6) is 0 Å². The third-order valence-corrected chi connectivity index (χ3v) is 5.87. The van der Waals surface area contributed by atoms with Crippen molar-refractivity contribution in [3.8, 4) is 0 Å². The molecule has 0 saturated carbocycles. The first-order chi connectivity index (χ1) is 17.9. The average Bonchev–Trinajstić information content (AvgIpc) is 2.96.